The summed E-state index contributed by atoms with van der Waals surface area (Å²) in [5.74, 6) is 0.0249. The Hall–Kier alpha value is -2.19. The maximum Gasteiger partial charge on any atom is 0.296 e. The van der Waals surface area contributed by atoms with Gasteiger partial charge in [0.2, 0.25) is 0 Å². The molecule has 0 N–H and O–H groups in total. The van der Waals surface area contributed by atoms with Gasteiger partial charge < -0.3 is 9.30 Å². The number of fused-ring (bicyclic) bond motifs is 2. The normalized spacial score (nSPS) is 25.8. The molecule has 3 aromatic rings. The smallest absolute Gasteiger partial charge is 0.296 e. The number of ether oxygens (including phenoxy) is 1. The van der Waals surface area contributed by atoms with Crippen LogP contribution in [0.1, 0.15) is 23.1 Å². The number of nitrogens with zero attached hydrogens (tertiary/aromatic N) is 2. The van der Waals surface area contributed by atoms with Crippen molar-refractivity contribution in [1.82, 2.24) is 9.47 Å². The molecule has 2 aliphatic rings. The van der Waals surface area contributed by atoms with Crippen molar-refractivity contribution in [3.8, 4) is 0 Å². The Bertz CT molecular complexity index is 1270. The number of rotatable bonds is 5. The highest BCUT2D eigenvalue weighted by Gasteiger charge is 2.51. The summed E-state index contributed by atoms with van der Waals surface area (Å²) in [6, 6.07) is 13.4. The van der Waals surface area contributed by atoms with E-state index in [1.54, 1.807) is 31.4 Å². The zero-order valence-electron chi connectivity index (χ0n) is 19.0. The molecule has 32 heavy (non-hydrogen) atoms. The molecule has 6 nitrogen and oxygen atoms in total. The molecule has 2 aromatic carbocycles. The van der Waals surface area contributed by atoms with E-state index in [1.807, 2.05) is 6.92 Å². The predicted octanol–water partition coefficient (Wildman–Crippen LogP) is 3.61. The predicted molar refractivity (Wildman–Crippen MR) is 124 cm³/mol. The van der Waals surface area contributed by atoms with E-state index in [2.05, 4.69) is 48.0 Å². The summed E-state index contributed by atoms with van der Waals surface area (Å²) < 4.78 is 39.5. The Morgan fingerprint density at radius 3 is 2.59 bits per heavy atom. The number of benzene rings is 2. The van der Waals surface area contributed by atoms with Crippen LogP contribution in [0.3, 0.4) is 0 Å². The fraction of sp³-hybridized carbons (Fsp3) is 0.440. The summed E-state index contributed by atoms with van der Waals surface area (Å²) in [4.78, 5) is 2.51. The summed E-state index contributed by atoms with van der Waals surface area (Å²) in [5.41, 5.74) is 4.26. The van der Waals surface area contributed by atoms with E-state index in [4.69, 9.17) is 8.92 Å². The van der Waals surface area contributed by atoms with Gasteiger partial charge >= 0.3 is 0 Å². The van der Waals surface area contributed by atoms with Crippen molar-refractivity contribution < 1.29 is 17.3 Å². The van der Waals surface area contributed by atoms with Gasteiger partial charge in [-0.3, -0.25) is 9.08 Å². The molecule has 1 aromatic heterocycles. The van der Waals surface area contributed by atoms with Crippen molar-refractivity contribution in [2.75, 3.05) is 27.3 Å². The molecule has 0 spiro atoms. The number of aryl methyl sites for hydroxylation is 2. The van der Waals surface area contributed by atoms with Crippen LogP contribution in [0, 0.1) is 12.8 Å². The Balaban J connectivity index is 1.45. The number of hydrogen-bond acceptors (Lipinski definition) is 5. The van der Waals surface area contributed by atoms with Gasteiger partial charge in [0, 0.05) is 43.8 Å². The Kier molecular flexibility index (Phi) is 5.21. The number of likely N-dealkylation sites (tertiary alicyclic amines) is 1. The second-order valence-corrected chi connectivity index (χ2v) is 11.0. The first-order chi connectivity index (χ1) is 15.2. The van der Waals surface area contributed by atoms with E-state index in [0.29, 0.717) is 0 Å². The lowest BCUT2D eigenvalue weighted by atomic mass is 9.69. The van der Waals surface area contributed by atoms with E-state index >= 15 is 0 Å². The molecule has 1 fully saturated rings. The minimum absolute atomic E-state index is 0.0249. The third kappa shape index (κ3) is 3.30. The fourth-order valence-electron chi connectivity index (χ4n) is 5.78. The van der Waals surface area contributed by atoms with Gasteiger partial charge in [0.25, 0.3) is 10.1 Å². The van der Waals surface area contributed by atoms with Crippen molar-refractivity contribution in [1.29, 1.82) is 0 Å². The Morgan fingerprint density at radius 2 is 1.88 bits per heavy atom. The lowest BCUT2D eigenvalue weighted by molar-refractivity contribution is -0.129. The first kappa shape index (κ1) is 21.6. The number of piperidine rings is 1. The van der Waals surface area contributed by atoms with Gasteiger partial charge in [-0.25, -0.2) is 0 Å². The summed E-state index contributed by atoms with van der Waals surface area (Å²) in [5, 5.41) is 1.27. The Labute approximate surface area is 189 Å². The van der Waals surface area contributed by atoms with Gasteiger partial charge in [0.1, 0.15) is 5.60 Å². The summed E-state index contributed by atoms with van der Waals surface area (Å²) >= 11 is 0. The number of aromatic nitrogens is 1. The number of hydrogen-bond donors (Lipinski definition) is 0. The first-order valence-corrected chi connectivity index (χ1v) is 12.4. The van der Waals surface area contributed by atoms with Gasteiger partial charge in [0.15, 0.2) is 0 Å². The lowest BCUT2D eigenvalue weighted by Gasteiger charge is -2.53. The van der Waals surface area contributed by atoms with Crippen molar-refractivity contribution in [3.05, 3.63) is 65.4 Å². The highest BCUT2D eigenvalue weighted by molar-refractivity contribution is 7.86. The topological polar surface area (TPSA) is 60.8 Å². The zero-order chi connectivity index (χ0) is 22.7. The molecule has 1 unspecified atom stereocenters. The molecule has 3 atom stereocenters. The molecule has 0 radical (unpaired) electrons. The monoisotopic (exact) mass is 454 g/mol. The molecule has 1 aliphatic carbocycles. The minimum Gasteiger partial charge on any atom is -0.372 e. The van der Waals surface area contributed by atoms with Crippen LogP contribution < -0.4 is 0 Å². The SMILES string of the molecule is CO[C@]12CC(COS(=O)(=O)c3ccc(C)cc3)CN(C)[C@@H]1Cc1cn(C)c3cccc2c13. The Morgan fingerprint density at radius 1 is 1.12 bits per heavy atom. The quantitative estimate of drug-likeness (QED) is 0.551. The molecule has 1 saturated heterocycles. The van der Waals surface area contributed by atoms with E-state index in [1.165, 1.54) is 22.0 Å². The average Bonchev–Trinajstić information content (AvgIpc) is 3.10. The first-order valence-electron chi connectivity index (χ1n) is 11.0. The van der Waals surface area contributed by atoms with Crippen LogP contribution in [0.25, 0.3) is 10.9 Å². The van der Waals surface area contributed by atoms with Crippen LogP contribution in [0.5, 0.6) is 0 Å². The standard InChI is InChI=1S/C25H30N2O4S/c1-17-8-10-20(11-9-17)32(28,29)31-16-18-13-25(30-4)21-6-5-7-22-24(21)19(15-26(22)2)12-23(25)27(3)14-18/h5-11,15,18,23H,12-14,16H2,1-4H3/t18?,23-,25+/m1/s1. The van der Waals surface area contributed by atoms with Gasteiger partial charge in [-0.2, -0.15) is 8.42 Å². The summed E-state index contributed by atoms with van der Waals surface area (Å²) in [6.45, 7) is 2.83. The molecule has 0 amide bonds. The number of methoxy groups -OCH3 is 1. The summed E-state index contributed by atoms with van der Waals surface area (Å²) in [6.07, 6.45) is 3.86. The molecule has 7 heteroatoms. The van der Waals surface area contributed by atoms with Crippen molar-refractivity contribution in [2.24, 2.45) is 13.0 Å². The molecule has 2 heterocycles. The molecular weight excluding hydrogens is 424 g/mol. The van der Waals surface area contributed by atoms with Gasteiger partial charge in [-0.05, 0) is 62.1 Å². The average molecular weight is 455 g/mol. The third-order valence-electron chi connectivity index (χ3n) is 7.30. The molecular formula is C25H30N2O4S. The van der Waals surface area contributed by atoms with E-state index < -0.39 is 15.7 Å². The van der Waals surface area contributed by atoms with Gasteiger partial charge in [-0.15, -0.1) is 0 Å². The minimum atomic E-state index is -3.80. The number of likely N-dealkylation sites (N-methyl/N-ethyl adjacent to an activating group) is 1. The van der Waals surface area contributed by atoms with Crippen molar-refractivity contribution in [3.63, 3.8) is 0 Å². The van der Waals surface area contributed by atoms with Crippen molar-refractivity contribution in [2.45, 2.75) is 36.3 Å². The largest absolute Gasteiger partial charge is 0.372 e. The fourth-order valence-corrected chi connectivity index (χ4v) is 6.76. The second kappa shape index (κ2) is 7.70. The van der Waals surface area contributed by atoms with Crippen LogP contribution in [0.15, 0.2) is 53.6 Å². The molecule has 1 aliphatic heterocycles. The van der Waals surface area contributed by atoms with Crippen molar-refractivity contribution >= 4 is 21.0 Å². The van der Waals surface area contributed by atoms with Crippen LogP contribution in [-0.2, 0) is 38.1 Å². The van der Waals surface area contributed by atoms with E-state index in [9.17, 15) is 8.42 Å². The zero-order valence-corrected chi connectivity index (χ0v) is 19.9. The highest BCUT2D eigenvalue weighted by atomic mass is 32.2. The maximum atomic E-state index is 12.8. The third-order valence-corrected chi connectivity index (χ3v) is 8.60. The molecule has 170 valence electrons. The van der Waals surface area contributed by atoms with Gasteiger partial charge in [-0.1, -0.05) is 29.8 Å². The lowest BCUT2D eigenvalue weighted by Crippen LogP contribution is -2.59. The maximum absolute atomic E-state index is 12.8. The van der Waals surface area contributed by atoms with Crippen LogP contribution >= 0.6 is 0 Å². The van der Waals surface area contributed by atoms with Crippen LogP contribution in [0.4, 0.5) is 0 Å². The highest BCUT2D eigenvalue weighted by Crippen LogP contribution is 2.49. The van der Waals surface area contributed by atoms with E-state index in [-0.39, 0.29) is 23.5 Å². The summed E-state index contributed by atoms with van der Waals surface area (Å²) in [7, 11) is 2.17. The molecule has 0 saturated carbocycles. The van der Waals surface area contributed by atoms with Gasteiger partial charge in [0.05, 0.1) is 11.5 Å². The van der Waals surface area contributed by atoms with E-state index in [0.717, 1.165) is 24.9 Å². The van der Waals surface area contributed by atoms with Crippen LogP contribution in [-0.4, -0.2) is 51.2 Å². The molecule has 0 bridgehead atoms. The van der Waals surface area contributed by atoms with Crippen LogP contribution in [0.2, 0.25) is 0 Å². The second-order valence-electron chi connectivity index (χ2n) is 9.34. The molecule has 5 rings (SSSR count).